The van der Waals surface area contributed by atoms with Gasteiger partial charge in [0.15, 0.2) is 0 Å². The van der Waals surface area contributed by atoms with Crippen molar-refractivity contribution in [3.8, 4) is 0 Å². The van der Waals surface area contributed by atoms with Crippen molar-refractivity contribution in [2.45, 2.75) is 6.92 Å². The molecule has 1 atom stereocenters. The van der Waals surface area contributed by atoms with E-state index in [1.165, 1.54) is 29.8 Å². The molecule has 0 aromatic heterocycles. The molecule has 0 fully saturated rings. The van der Waals surface area contributed by atoms with Gasteiger partial charge in [0.1, 0.15) is 0 Å². The second-order valence-corrected chi connectivity index (χ2v) is 5.94. The molecule has 1 aromatic carbocycles. The fraction of sp³-hybridized carbons (Fsp3) is 0.273. The normalized spacial score (nSPS) is 13.2. The summed E-state index contributed by atoms with van der Waals surface area (Å²) in [5.41, 5.74) is 0.276. The number of nitro benzene ring substituents is 1. The van der Waals surface area contributed by atoms with Crippen molar-refractivity contribution in [2.24, 2.45) is 0 Å². The summed E-state index contributed by atoms with van der Waals surface area (Å²) in [5.74, 6) is 0. The molecule has 1 rings (SSSR count). The number of hydrogen-bond acceptors (Lipinski definition) is 5. The SMILES string of the molecule is CCOC(=O)NS(C)(=O)=Cc1cccc([N+](=O)[O-])c1. The van der Waals surface area contributed by atoms with Gasteiger partial charge in [-0.2, -0.15) is 0 Å². The topological polar surface area (TPSA) is 98.5 Å². The Morgan fingerprint density at radius 3 is 2.84 bits per heavy atom. The standard InChI is InChI=1S/C11H14N2O5S/c1-3-18-11(14)12-19(2,17)8-9-5-4-6-10(7-9)13(15)16/h4-8H,3H2,1-2H3,(H,12,14,17). The van der Waals surface area contributed by atoms with Gasteiger partial charge in [0, 0.05) is 23.8 Å². The van der Waals surface area contributed by atoms with Crippen LogP contribution in [-0.4, -0.2) is 33.5 Å². The van der Waals surface area contributed by atoms with Crippen LogP contribution in [0.4, 0.5) is 10.5 Å². The van der Waals surface area contributed by atoms with Crippen molar-refractivity contribution in [1.29, 1.82) is 0 Å². The van der Waals surface area contributed by atoms with E-state index in [4.69, 9.17) is 0 Å². The first-order chi connectivity index (χ1) is 8.84. The lowest BCUT2D eigenvalue weighted by Gasteiger charge is -2.07. The number of carbonyl (C=O) groups is 1. The van der Waals surface area contributed by atoms with Gasteiger partial charge in [-0.15, -0.1) is 0 Å². The average molecular weight is 286 g/mol. The Balaban J connectivity index is 3.00. The number of benzene rings is 1. The Kier molecular flexibility index (Phi) is 4.87. The van der Waals surface area contributed by atoms with Crippen LogP contribution in [0.3, 0.4) is 0 Å². The van der Waals surface area contributed by atoms with E-state index in [1.807, 2.05) is 0 Å². The maximum atomic E-state index is 12.1. The van der Waals surface area contributed by atoms with Gasteiger partial charge in [0.2, 0.25) is 0 Å². The Labute approximate surface area is 110 Å². The predicted octanol–water partition coefficient (Wildman–Crippen LogP) is 1.32. The largest absolute Gasteiger partial charge is 0.449 e. The molecule has 0 aliphatic carbocycles. The lowest BCUT2D eigenvalue weighted by atomic mass is 10.2. The second kappa shape index (κ2) is 6.19. The van der Waals surface area contributed by atoms with Crippen molar-refractivity contribution in [1.82, 2.24) is 4.72 Å². The van der Waals surface area contributed by atoms with Gasteiger partial charge >= 0.3 is 6.09 Å². The van der Waals surface area contributed by atoms with E-state index >= 15 is 0 Å². The van der Waals surface area contributed by atoms with E-state index < -0.39 is 20.7 Å². The van der Waals surface area contributed by atoms with Gasteiger partial charge < -0.3 is 4.74 Å². The summed E-state index contributed by atoms with van der Waals surface area (Å²) in [5, 5.41) is 11.9. The fourth-order valence-electron chi connectivity index (χ4n) is 1.33. The van der Waals surface area contributed by atoms with Crippen LogP contribution in [0.15, 0.2) is 24.3 Å². The van der Waals surface area contributed by atoms with Crippen LogP contribution >= 0.6 is 0 Å². The highest BCUT2D eigenvalue weighted by Crippen LogP contribution is 2.11. The van der Waals surface area contributed by atoms with Crippen molar-refractivity contribution >= 4 is 26.9 Å². The van der Waals surface area contributed by atoms with Gasteiger partial charge in [0.05, 0.1) is 21.2 Å². The number of hydrogen-bond donors (Lipinski definition) is 1. The molecule has 1 amide bonds. The minimum atomic E-state index is -2.82. The molecule has 19 heavy (non-hydrogen) atoms. The lowest BCUT2D eigenvalue weighted by Crippen LogP contribution is -2.31. The molecule has 7 nitrogen and oxygen atoms in total. The van der Waals surface area contributed by atoms with Crippen LogP contribution in [0.5, 0.6) is 0 Å². The molecule has 0 aliphatic heterocycles. The first-order valence-corrected chi connectivity index (χ1v) is 7.40. The fourth-order valence-corrected chi connectivity index (χ4v) is 2.44. The second-order valence-electron chi connectivity index (χ2n) is 3.70. The number of amides is 1. The quantitative estimate of drug-likeness (QED) is 0.511. The smallest absolute Gasteiger partial charge is 0.418 e. The van der Waals surface area contributed by atoms with E-state index in [2.05, 4.69) is 9.46 Å². The molecule has 1 N–H and O–H groups in total. The minimum Gasteiger partial charge on any atom is -0.449 e. The Morgan fingerprint density at radius 2 is 2.26 bits per heavy atom. The molecule has 0 saturated carbocycles. The van der Waals surface area contributed by atoms with Crippen molar-refractivity contribution < 1.29 is 18.7 Å². The molecule has 0 spiro atoms. The number of ether oxygens (including phenoxy) is 1. The lowest BCUT2D eigenvalue weighted by molar-refractivity contribution is -0.384. The molecule has 1 aromatic rings. The zero-order valence-electron chi connectivity index (χ0n) is 10.5. The molecule has 0 bridgehead atoms. The Morgan fingerprint density at radius 1 is 1.58 bits per heavy atom. The summed E-state index contributed by atoms with van der Waals surface area (Å²) in [6, 6.07) is 5.64. The monoisotopic (exact) mass is 286 g/mol. The van der Waals surface area contributed by atoms with E-state index in [-0.39, 0.29) is 12.3 Å². The number of nitrogens with one attached hydrogen (secondary N) is 1. The molecule has 0 saturated heterocycles. The summed E-state index contributed by atoms with van der Waals surface area (Å²) in [4.78, 5) is 21.2. The number of nitro groups is 1. The molecule has 0 radical (unpaired) electrons. The van der Waals surface area contributed by atoms with Crippen molar-refractivity contribution in [2.75, 3.05) is 12.9 Å². The summed E-state index contributed by atoms with van der Waals surface area (Å²) in [7, 11) is -2.82. The molecule has 104 valence electrons. The number of rotatable bonds is 4. The van der Waals surface area contributed by atoms with Gasteiger partial charge in [-0.3, -0.25) is 10.1 Å². The minimum absolute atomic E-state index is 0.111. The summed E-state index contributed by atoms with van der Waals surface area (Å²) >= 11 is 0. The third-order valence-electron chi connectivity index (χ3n) is 2.00. The molecular weight excluding hydrogens is 272 g/mol. The third kappa shape index (κ3) is 4.96. The van der Waals surface area contributed by atoms with E-state index in [9.17, 15) is 19.1 Å². The van der Waals surface area contributed by atoms with Crippen LogP contribution in [-0.2, 0) is 14.4 Å². The average Bonchev–Trinajstić information content (AvgIpc) is 2.27. The highest BCUT2D eigenvalue weighted by Gasteiger charge is 2.09. The van der Waals surface area contributed by atoms with Gasteiger partial charge in [-0.1, -0.05) is 12.1 Å². The van der Waals surface area contributed by atoms with Crippen LogP contribution in [0.25, 0.3) is 0 Å². The van der Waals surface area contributed by atoms with Gasteiger partial charge in [-0.25, -0.2) is 13.7 Å². The molecule has 8 heteroatoms. The zero-order valence-corrected chi connectivity index (χ0v) is 11.3. The first-order valence-electron chi connectivity index (χ1n) is 5.37. The maximum absolute atomic E-state index is 12.1. The Bertz CT molecular complexity index is 605. The van der Waals surface area contributed by atoms with Crippen LogP contribution < -0.4 is 4.72 Å². The molecule has 0 heterocycles. The van der Waals surface area contributed by atoms with Crippen molar-refractivity contribution in [3.63, 3.8) is 0 Å². The summed E-state index contributed by atoms with van der Waals surface area (Å²) < 4.78 is 18.9. The predicted molar refractivity (Wildman–Crippen MR) is 72.5 cm³/mol. The summed E-state index contributed by atoms with van der Waals surface area (Å²) in [6.07, 6.45) is 0.514. The maximum Gasteiger partial charge on any atom is 0.418 e. The summed E-state index contributed by atoms with van der Waals surface area (Å²) in [6.45, 7) is 1.79. The Hall–Kier alpha value is -2.09. The van der Waals surface area contributed by atoms with Crippen LogP contribution in [0.2, 0.25) is 0 Å². The third-order valence-corrected chi connectivity index (χ3v) is 3.30. The van der Waals surface area contributed by atoms with E-state index in [0.29, 0.717) is 5.56 Å². The van der Waals surface area contributed by atoms with E-state index in [0.717, 1.165) is 0 Å². The van der Waals surface area contributed by atoms with Crippen LogP contribution in [0.1, 0.15) is 12.5 Å². The van der Waals surface area contributed by atoms with Gasteiger partial charge in [-0.05, 0) is 12.5 Å². The molecule has 0 aliphatic rings. The van der Waals surface area contributed by atoms with Crippen LogP contribution in [0, 0.1) is 10.1 Å². The number of carbonyl (C=O) groups excluding carboxylic acids is 1. The zero-order chi connectivity index (χ0) is 14.5. The first kappa shape index (κ1) is 15.0. The highest BCUT2D eigenvalue weighted by atomic mass is 32.2. The molecular formula is C11H14N2O5S. The van der Waals surface area contributed by atoms with Gasteiger partial charge in [0.25, 0.3) is 5.69 Å². The number of non-ortho nitro benzene ring substituents is 1. The van der Waals surface area contributed by atoms with Crippen molar-refractivity contribution in [3.05, 3.63) is 39.9 Å². The highest BCUT2D eigenvalue weighted by molar-refractivity contribution is 7.99. The number of nitrogens with zero attached hydrogens (tertiary/aromatic N) is 1. The van der Waals surface area contributed by atoms with E-state index in [1.54, 1.807) is 13.0 Å². The molecule has 1 unspecified atom stereocenters.